The van der Waals surface area contributed by atoms with E-state index in [0.717, 1.165) is 0 Å². The standard InChI is InChI=1S/C10H14N6O3S/c11-2-3-16-5-8(13-15-16)10-12-9(14-19-10)7-1-4-20(17,18)6-7/h5,7H,1-4,6,11H2. The van der Waals surface area contributed by atoms with Crippen molar-refractivity contribution in [1.82, 2.24) is 25.1 Å². The largest absolute Gasteiger partial charge is 0.332 e. The van der Waals surface area contributed by atoms with Gasteiger partial charge in [-0.1, -0.05) is 10.4 Å². The van der Waals surface area contributed by atoms with Crippen LogP contribution in [-0.4, -0.2) is 51.6 Å². The zero-order valence-corrected chi connectivity index (χ0v) is 11.5. The van der Waals surface area contributed by atoms with E-state index >= 15 is 0 Å². The van der Waals surface area contributed by atoms with Crippen molar-refractivity contribution in [3.8, 4) is 11.6 Å². The lowest BCUT2D eigenvalue weighted by atomic mass is 10.1. The Balaban J connectivity index is 1.79. The number of hydrogen-bond donors (Lipinski definition) is 1. The molecule has 2 N–H and O–H groups in total. The quantitative estimate of drug-likeness (QED) is 0.775. The lowest BCUT2D eigenvalue weighted by Crippen LogP contribution is -2.10. The molecule has 1 aliphatic rings. The topological polar surface area (TPSA) is 130 Å². The minimum absolute atomic E-state index is 0.0752. The molecule has 9 nitrogen and oxygen atoms in total. The zero-order valence-electron chi connectivity index (χ0n) is 10.6. The maximum Gasteiger partial charge on any atom is 0.280 e. The third-order valence-corrected chi connectivity index (χ3v) is 4.92. The molecule has 2 aromatic heterocycles. The summed E-state index contributed by atoms with van der Waals surface area (Å²) in [4.78, 5) is 4.21. The van der Waals surface area contributed by atoms with Gasteiger partial charge in [-0.05, 0) is 6.42 Å². The van der Waals surface area contributed by atoms with E-state index in [2.05, 4.69) is 20.5 Å². The Morgan fingerprint density at radius 1 is 1.50 bits per heavy atom. The molecule has 1 aliphatic heterocycles. The molecule has 1 fully saturated rings. The Kier molecular flexibility index (Phi) is 3.26. The molecule has 1 unspecified atom stereocenters. The van der Waals surface area contributed by atoms with Crippen molar-refractivity contribution in [2.75, 3.05) is 18.1 Å². The molecule has 0 radical (unpaired) electrons. The van der Waals surface area contributed by atoms with E-state index in [4.69, 9.17) is 10.3 Å². The molecule has 108 valence electrons. The second-order valence-electron chi connectivity index (χ2n) is 4.71. The number of nitrogens with two attached hydrogens (primary N) is 1. The maximum absolute atomic E-state index is 11.4. The lowest BCUT2D eigenvalue weighted by molar-refractivity contribution is 0.416. The number of nitrogens with zero attached hydrogens (tertiary/aromatic N) is 5. The van der Waals surface area contributed by atoms with Gasteiger partial charge in [-0.25, -0.2) is 8.42 Å². The molecule has 0 spiro atoms. The minimum atomic E-state index is -2.97. The predicted molar refractivity (Wildman–Crippen MR) is 68.4 cm³/mol. The van der Waals surface area contributed by atoms with Crippen molar-refractivity contribution < 1.29 is 12.9 Å². The predicted octanol–water partition coefficient (Wildman–Crippen LogP) is -0.811. The number of aromatic nitrogens is 5. The Hall–Kier alpha value is -1.81. The van der Waals surface area contributed by atoms with Crippen molar-refractivity contribution in [2.45, 2.75) is 18.9 Å². The highest BCUT2D eigenvalue weighted by Gasteiger charge is 2.32. The number of hydrogen-bond acceptors (Lipinski definition) is 8. The molecular formula is C10H14N6O3S. The molecular weight excluding hydrogens is 284 g/mol. The molecule has 1 saturated heterocycles. The summed E-state index contributed by atoms with van der Waals surface area (Å²) < 4.78 is 29.6. The summed E-state index contributed by atoms with van der Waals surface area (Å²) in [5.41, 5.74) is 5.88. The zero-order chi connectivity index (χ0) is 14.2. The fourth-order valence-corrected chi connectivity index (χ4v) is 3.88. The molecule has 0 bridgehead atoms. The van der Waals surface area contributed by atoms with Crippen LogP contribution >= 0.6 is 0 Å². The smallest absolute Gasteiger partial charge is 0.280 e. The van der Waals surface area contributed by atoms with E-state index in [-0.39, 0.29) is 23.3 Å². The highest BCUT2D eigenvalue weighted by molar-refractivity contribution is 7.91. The summed E-state index contributed by atoms with van der Waals surface area (Å²) >= 11 is 0. The summed E-state index contributed by atoms with van der Waals surface area (Å²) in [5, 5.41) is 11.6. The third kappa shape index (κ3) is 2.56. The molecule has 2 aromatic rings. The van der Waals surface area contributed by atoms with Gasteiger partial charge in [-0.15, -0.1) is 5.10 Å². The van der Waals surface area contributed by atoms with Gasteiger partial charge in [0, 0.05) is 12.5 Å². The normalized spacial score (nSPS) is 21.4. The maximum atomic E-state index is 11.4. The van der Waals surface area contributed by atoms with E-state index < -0.39 is 9.84 Å². The van der Waals surface area contributed by atoms with E-state index in [9.17, 15) is 8.42 Å². The van der Waals surface area contributed by atoms with Gasteiger partial charge >= 0.3 is 0 Å². The fraction of sp³-hybridized carbons (Fsp3) is 0.600. The summed E-state index contributed by atoms with van der Waals surface area (Å²) in [6, 6.07) is 0. The molecule has 3 heterocycles. The summed E-state index contributed by atoms with van der Waals surface area (Å²) in [7, 11) is -2.97. The molecule has 20 heavy (non-hydrogen) atoms. The molecule has 0 aromatic carbocycles. The van der Waals surface area contributed by atoms with Crippen LogP contribution in [0.2, 0.25) is 0 Å². The molecule has 0 saturated carbocycles. The number of rotatable bonds is 4. The fourth-order valence-electron chi connectivity index (χ4n) is 2.14. The molecule has 0 amide bonds. The highest BCUT2D eigenvalue weighted by atomic mass is 32.2. The summed E-state index contributed by atoms with van der Waals surface area (Å²) in [6.07, 6.45) is 2.19. The van der Waals surface area contributed by atoms with Gasteiger partial charge in [0.05, 0.1) is 24.2 Å². The van der Waals surface area contributed by atoms with Crippen LogP contribution in [0.15, 0.2) is 10.7 Å². The van der Waals surface area contributed by atoms with Crippen LogP contribution in [0.5, 0.6) is 0 Å². The van der Waals surface area contributed by atoms with Crippen LogP contribution < -0.4 is 5.73 Å². The van der Waals surface area contributed by atoms with Gasteiger partial charge in [-0.2, -0.15) is 4.98 Å². The Bertz CT molecular complexity index is 706. The van der Waals surface area contributed by atoms with Gasteiger partial charge in [0.25, 0.3) is 5.89 Å². The molecule has 1 atom stereocenters. The Labute approximate surface area is 115 Å². The van der Waals surface area contributed by atoms with E-state index in [0.29, 0.717) is 31.0 Å². The number of sulfone groups is 1. The molecule has 3 rings (SSSR count). The van der Waals surface area contributed by atoms with E-state index in [1.807, 2.05) is 0 Å². The van der Waals surface area contributed by atoms with Gasteiger partial charge in [-0.3, -0.25) is 4.68 Å². The van der Waals surface area contributed by atoms with Gasteiger partial charge < -0.3 is 10.3 Å². The Morgan fingerprint density at radius 2 is 2.35 bits per heavy atom. The summed E-state index contributed by atoms with van der Waals surface area (Å²) in [5.74, 6) is 0.707. The average Bonchev–Trinajstić information content (AvgIpc) is 3.07. The second-order valence-corrected chi connectivity index (χ2v) is 6.94. The van der Waals surface area contributed by atoms with E-state index in [1.54, 1.807) is 10.9 Å². The van der Waals surface area contributed by atoms with Crippen molar-refractivity contribution in [2.24, 2.45) is 5.73 Å². The first-order valence-electron chi connectivity index (χ1n) is 6.22. The van der Waals surface area contributed by atoms with Crippen LogP contribution in [0, 0.1) is 0 Å². The van der Waals surface area contributed by atoms with Crippen molar-refractivity contribution in [3.05, 3.63) is 12.0 Å². The monoisotopic (exact) mass is 298 g/mol. The van der Waals surface area contributed by atoms with Crippen LogP contribution in [0.25, 0.3) is 11.6 Å². The average molecular weight is 298 g/mol. The second kappa shape index (κ2) is 4.94. The Morgan fingerprint density at radius 3 is 3.05 bits per heavy atom. The summed E-state index contributed by atoms with van der Waals surface area (Å²) in [6.45, 7) is 1.01. The minimum Gasteiger partial charge on any atom is -0.332 e. The van der Waals surface area contributed by atoms with Crippen LogP contribution in [0.3, 0.4) is 0 Å². The van der Waals surface area contributed by atoms with Gasteiger partial charge in [0.1, 0.15) is 0 Å². The van der Waals surface area contributed by atoms with Crippen LogP contribution in [0.4, 0.5) is 0 Å². The van der Waals surface area contributed by atoms with Gasteiger partial charge in [0.15, 0.2) is 21.4 Å². The molecule has 0 aliphatic carbocycles. The van der Waals surface area contributed by atoms with Crippen LogP contribution in [0.1, 0.15) is 18.2 Å². The van der Waals surface area contributed by atoms with Gasteiger partial charge in [0.2, 0.25) is 0 Å². The third-order valence-electron chi connectivity index (χ3n) is 3.16. The molecule has 10 heteroatoms. The first-order valence-corrected chi connectivity index (χ1v) is 8.04. The van der Waals surface area contributed by atoms with Crippen molar-refractivity contribution >= 4 is 9.84 Å². The van der Waals surface area contributed by atoms with Crippen molar-refractivity contribution in [3.63, 3.8) is 0 Å². The highest BCUT2D eigenvalue weighted by Crippen LogP contribution is 2.28. The first-order chi connectivity index (χ1) is 9.57. The van der Waals surface area contributed by atoms with Crippen LogP contribution in [-0.2, 0) is 16.4 Å². The van der Waals surface area contributed by atoms with E-state index in [1.165, 1.54) is 0 Å². The van der Waals surface area contributed by atoms with Crippen molar-refractivity contribution in [1.29, 1.82) is 0 Å². The SMILES string of the molecule is NCCn1cc(-c2nc(C3CCS(=O)(=O)C3)no2)nn1. The first kappa shape index (κ1) is 13.2. The lowest BCUT2D eigenvalue weighted by Gasteiger charge is -1.97.